The van der Waals surface area contributed by atoms with Gasteiger partial charge in [0.25, 0.3) is 0 Å². The summed E-state index contributed by atoms with van der Waals surface area (Å²) in [5, 5.41) is 48.4. The standard InChI is InChI=1S/C28H39NO6/c1-26(2,27(3,4)24(33)16-30)21-9-11-22(12-10-21)29-23(15-25(29)34)20-7-5-19(6-8-20)13-14-28(35,17-31)18-32/h5-12,23-24,30-33,35H,13-18H2,1-4H3. The lowest BCUT2D eigenvalue weighted by Gasteiger charge is -2.45. The number of aryl methyl sites for hydroxylation is 1. The predicted molar refractivity (Wildman–Crippen MR) is 135 cm³/mol. The molecule has 192 valence electrons. The summed E-state index contributed by atoms with van der Waals surface area (Å²) in [6.45, 7) is 6.68. The molecule has 1 aliphatic rings. The van der Waals surface area contributed by atoms with E-state index in [0.717, 1.165) is 22.4 Å². The van der Waals surface area contributed by atoms with Crippen LogP contribution in [0, 0.1) is 5.41 Å². The molecule has 5 N–H and O–H groups in total. The number of anilines is 1. The number of rotatable bonds is 11. The van der Waals surface area contributed by atoms with Gasteiger partial charge in [0, 0.05) is 11.1 Å². The van der Waals surface area contributed by atoms with E-state index in [9.17, 15) is 30.3 Å². The molecule has 0 radical (unpaired) electrons. The molecule has 1 saturated heterocycles. The molecule has 1 amide bonds. The van der Waals surface area contributed by atoms with E-state index in [1.807, 2.05) is 76.2 Å². The van der Waals surface area contributed by atoms with E-state index in [0.29, 0.717) is 12.8 Å². The molecule has 1 heterocycles. The number of aliphatic hydroxyl groups excluding tert-OH is 4. The van der Waals surface area contributed by atoms with E-state index >= 15 is 0 Å². The van der Waals surface area contributed by atoms with Crippen LogP contribution in [0.5, 0.6) is 0 Å². The lowest BCUT2D eigenvalue weighted by Crippen LogP contribution is -2.47. The van der Waals surface area contributed by atoms with E-state index < -0.39 is 35.7 Å². The predicted octanol–water partition coefficient (Wildman–Crippen LogP) is 2.47. The second-order valence-corrected chi connectivity index (χ2v) is 10.9. The molecule has 2 aromatic rings. The largest absolute Gasteiger partial charge is 0.394 e. The Bertz CT molecular complexity index is 995. The minimum Gasteiger partial charge on any atom is -0.394 e. The van der Waals surface area contributed by atoms with Crippen molar-refractivity contribution in [3.63, 3.8) is 0 Å². The molecule has 2 atom stereocenters. The second-order valence-electron chi connectivity index (χ2n) is 10.9. The highest BCUT2D eigenvalue weighted by molar-refractivity contribution is 6.01. The number of benzene rings is 2. The normalized spacial score (nSPS) is 17.9. The Morgan fingerprint density at radius 1 is 0.943 bits per heavy atom. The average molecular weight is 486 g/mol. The molecule has 0 aliphatic carbocycles. The van der Waals surface area contributed by atoms with Crippen molar-refractivity contribution in [3.05, 3.63) is 65.2 Å². The number of hydrogen-bond donors (Lipinski definition) is 5. The van der Waals surface area contributed by atoms with Gasteiger partial charge in [0.1, 0.15) is 5.60 Å². The summed E-state index contributed by atoms with van der Waals surface area (Å²) < 4.78 is 0. The van der Waals surface area contributed by atoms with E-state index in [1.54, 1.807) is 4.90 Å². The van der Waals surface area contributed by atoms with Crippen molar-refractivity contribution >= 4 is 11.6 Å². The minimum absolute atomic E-state index is 0.0538. The summed E-state index contributed by atoms with van der Waals surface area (Å²) in [7, 11) is 0. The molecule has 0 spiro atoms. The first kappa shape index (κ1) is 27.3. The van der Waals surface area contributed by atoms with Crippen LogP contribution in [0.3, 0.4) is 0 Å². The summed E-state index contributed by atoms with van der Waals surface area (Å²) in [6.07, 6.45) is 0.339. The zero-order valence-electron chi connectivity index (χ0n) is 21.1. The molecule has 35 heavy (non-hydrogen) atoms. The number of hydrogen-bond acceptors (Lipinski definition) is 6. The van der Waals surface area contributed by atoms with Crippen molar-refractivity contribution in [1.29, 1.82) is 0 Å². The molecule has 1 fully saturated rings. The van der Waals surface area contributed by atoms with Crippen LogP contribution in [0.25, 0.3) is 0 Å². The summed E-state index contributed by atoms with van der Waals surface area (Å²) in [5.74, 6) is 0.0538. The van der Waals surface area contributed by atoms with Gasteiger partial charge in [0.2, 0.25) is 5.91 Å². The van der Waals surface area contributed by atoms with Gasteiger partial charge in [-0.05, 0) is 47.1 Å². The Balaban J connectivity index is 1.74. The zero-order chi connectivity index (χ0) is 26.0. The van der Waals surface area contributed by atoms with Gasteiger partial charge < -0.3 is 30.4 Å². The maximum Gasteiger partial charge on any atom is 0.230 e. The summed E-state index contributed by atoms with van der Waals surface area (Å²) >= 11 is 0. The Kier molecular flexibility index (Phi) is 8.09. The van der Waals surface area contributed by atoms with Crippen molar-refractivity contribution in [2.75, 3.05) is 24.7 Å². The Morgan fingerprint density at radius 3 is 2.00 bits per heavy atom. The lowest BCUT2D eigenvalue weighted by atomic mass is 9.61. The van der Waals surface area contributed by atoms with Crippen LogP contribution in [0.15, 0.2) is 48.5 Å². The maximum absolute atomic E-state index is 12.5. The van der Waals surface area contributed by atoms with Crippen molar-refractivity contribution in [3.8, 4) is 0 Å². The fraction of sp³-hybridized carbons (Fsp3) is 0.536. The van der Waals surface area contributed by atoms with Crippen molar-refractivity contribution in [2.24, 2.45) is 5.41 Å². The number of carbonyl (C=O) groups excluding carboxylic acids is 1. The maximum atomic E-state index is 12.5. The molecule has 7 heteroatoms. The van der Waals surface area contributed by atoms with Gasteiger partial charge in [-0.1, -0.05) is 64.1 Å². The molecule has 7 nitrogen and oxygen atoms in total. The van der Waals surface area contributed by atoms with E-state index in [4.69, 9.17) is 0 Å². The third-order valence-electron chi connectivity index (χ3n) is 8.26. The quantitative estimate of drug-likeness (QED) is 0.312. The molecule has 0 bridgehead atoms. The molecule has 2 unspecified atom stereocenters. The van der Waals surface area contributed by atoms with Crippen molar-refractivity contribution in [2.45, 2.75) is 70.1 Å². The summed E-state index contributed by atoms with van der Waals surface area (Å²) in [4.78, 5) is 14.3. The first-order valence-electron chi connectivity index (χ1n) is 12.1. The van der Waals surface area contributed by atoms with Crippen molar-refractivity contribution < 1.29 is 30.3 Å². The smallest absolute Gasteiger partial charge is 0.230 e. The van der Waals surface area contributed by atoms with Gasteiger partial charge in [-0.3, -0.25) is 4.79 Å². The van der Waals surface area contributed by atoms with Gasteiger partial charge >= 0.3 is 0 Å². The average Bonchev–Trinajstić information content (AvgIpc) is 2.85. The lowest BCUT2D eigenvalue weighted by molar-refractivity contribution is -0.124. The van der Waals surface area contributed by atoms with Crippen LogP contribution in [0.1, 0.15) is 63.3 Å². The van der Waals surface area contributed by atoms with E-state index in [-0.39, 0.29) is 25.0 Å². The topological polar surface area (TPSA) is 121 Å². The number of carbonyl (C=O) groups is 1. The molecule has 0 saturated carbocycles. The van der Waals surface area contributed by atoms with Crippen LogP contribution in [-0.2, 0) is 16.6 Å². The van der Waals surface area contributed by atoms with Gasteiger partial charge in [-0.2, -0.15) is 0 Å². The van der Waals surface area contributed by atoms with Crippen LogP contribution in [-0.4, -0.2) is 63.0 Å². The zero-order valence-corrected chi connectivity index (χ0v) is 21.1. The van der Waals surface area contributed by atoms with Gasteiger partial charge in [0.05, 0.1) is 38.4 Å². The Morgan fingerprint density at radius 2 is 1.51 bits per heavy atom. The number of amides is 1. The third-order valence-corrected chi connectivity index (χ3v) is 8.26. The number of aliphatic hydroxyl groups is 5. The van der Waals surface area contributed by atoms with Crippen LogP contribution in [0.4, 0.5) is 5.69 Å². The highest BCUT2D eigenvalue weighted by atomic mass is 16.4. The monoisotopic (exact) mass is 485 g/mol. The van der Waals surface area contributed by atoms with Crippen LogP contribution >= 0.6 is 0 Å². The number of nitrogens with zero attached hydrogens (tertiary/aromatic N) is 1. The Hall–Kier alpha value is -2.29. The first-order chi connectivity index (χ1) is 16.4. The van der Waals surface area contributed by atoms with Gasteiger partial charge in [-0.25, -0.2) is 0 Å². The molecule has 3 rings (SSSR count). The SMILES string of the molecule is CC(C)(c1ccc(N2C(=O)CC2c2ccc(CCC(O)(CO)CO)cc2)cc1)C(C)(C)C(O)CO. The highest BCUT2D eigenvalue weighted by Crippen LogP contribution is 2.45. The van der Waals surface area contributed by atoms with E-state index in [1.165, 1.54) is 0 Å². The fourth-order valence-corrected chi connectivity index (χ4v) is 4.55. The number of β-lactam (4-membered cyclic amide) rings is 1. The van der Waals surface area contributed by atoms with Crippen molar-refractivity contribution in [1.82, 2.24) is 0 Å². The van der Waals surface area contributed by atoms with Crippen LogP contribution in [0.2, 0.25) is 0 Å². The summed E-state index contributed by atoms with van der Waals surface area (Å²) in [6, 6.07) is 15.6. The second kappa shape index (κ2) is 10.4. The molecule has 1 aliphatic heterocycles. The van der Waals surface area contributed by atoms with Gasteiger partial charge in [-0.15, -0.1) is 0 Å². The summed E-state index contributed by atoms with van der Waals surface area (Å²) in [5.41, 5.74) is 1.35. The highest BCUT2D eigenvalue weighted by Gasteiger charge is 2.44. The molecule has 2 aromatic carbocycles. The first-order valence-corrected chi connectivity index (χ1v) is 12.1. The third kappa shape index (κ3) is 5.29. The van der Waals surface area contributed by atoms with Crippen LogP contribution < -0.4 is 4.90 Å². The molecular formula is C28H39NO6. The molecule has 0 aromatic heterocycles. The molecular weight excluding hydrogens is 446 g/mol. The fourth-order valence-electron chi connectivity index (χ4n) is 4.55. The van der Waals surface area contributed by atoms with E-state index in [2.05, 4.69) is 0 Å². The Labute approximate surface area is 207 Å². The minimum atomic E-state index is -1.48. The van der Waals surface area contributed by atoms with Gasteiger partial charge in [0.15, 0.2) is 0 Å².